The normalized spacial score (nSPS) is 18.4. The van der Waals surface area contributed by atoms with E-state index in [1.807, 2.05) is 6.07 Å². The lowest BCUT2D eigenvalue weighted by Crippen LogP contribution is -2.37. The fourth-order valence-electron chi connectivity index (χ4n) is 9.40. The van der Waals surface area contributed by atoms with Crippen molar-refractivity contribution in [3.63, 3.8) is 0 Å². The van der Waals surface area contributed by atoms with E-state index < -0.39 is 0 Å². The maximum atomic E-state index is 6.70. The number of hydrogen-bond acceptors (Lipinski definition) is 3. The third-order valence-electron chi connectivity index (χ3n) is 11.9. The van der Waals surface area contributed by atoms with Gasteiger partial charge in [0.15, 0.2) is 5.82 Å². The standard InChI is InChI=1S/C53H36N2O/c1-3-15-36(16-4-1)40-19-7-8-22-43(40)49-34-48(37-17-5-2-6-18-37)54-52(55-49)38-29-27-35(28-30-38)39-31-32-51-47(33-39)53(46-25-13-14-26-50(46)56-51)44-23-11-9-20-41(44)42-21-10-12-24-45(42)53/h1-34,41,44H. The van der Waals surface area contributed by atoms with Crippen LogP contribution < -0.4 is 4.74 Å². The molecular weight excluding hydrogens is 681 g/mol. The summed E-state index contributed by atoms with van der Waals surface area (Å²) >= 11 is 0. The van der Waals surface area contributed by atoms with Gasteiger partial charge in [0.1, 0.15) is 11.5 Å². The predicted molar refractivity (Wildman–Crippen MR) is 227 cm³/mol. The van der Waals surface area contributed by atoms with Crippen molar-refractivity contribution in [1.82, 2.24) is 9.97 Å². The predicted octanol–water partition coefficient (Wildman–Crippen LogP) is 13.1. The summed E-state index contributed by atoms with van der Waals surface area (Å²) in [5, 5.41) is 0. The molecule has 1 aromatic heterocycles. The number of ether oxygens (including phenoxy) is 1. The second kappa shape index (κ2) is 13.0. The maximum absolute atomic E-state index is 6.70. The van der Waals surface area contributed by atoms with Crippen molar-refractivity contribution in [2.75, 3.05) is 0 Å². The van der Waals surface area contributed by atoms with Gasteiger partial charge < -0.3 is 4.74 Å². The Bertz CT molecular complexity index is 2840. The first-order valence-electron chi connectivity index (χ1n) is 19.3. The Balaban J connectivity index is 1.03. The zero-order valence-electron chi connectivity index (χ0n) is 30.6. The molecule has 2 aliphatic carbocycles. The van der Waals surface area contributed by atoms with Crippen LogP contribution in [-0.4, -0.2) is 9.97 Å². The van der Waals surface area contributed by atoms with Crippen LogP contribution in [-0.2, 0) is 5.41 Å². The molecule has 3 heteroatoms. The smallest absolute Gasteiger partial charge is 0.160 e. The van der Waals surface area contributed by atoms with Crippen molar-refractivity contribution in [2.24, 2.45) is 5.92 Å². The fraction of sp³-hybridized carbons (Fsp3) is 0.0566. The van der Waals surface area contributed by atoms with Crippen LogP contribution in [0, 0.1) is 5.92 Å². The highest BCUT2D eigenvalue weighted by Gasteiger charge is 2.56. The van der Waals surface area contributed by atoms with Crippen LogP contribution in [0.3, 0.4) is 0 Å². The van der Waals surface area contributed by atoms with Crippen LogP contribution in [0.1, 0.15) is 28.2 Å². The Kier molecular flexibility index (Phi) is 7.53. The fourth-order valence-corrected chi connectivity index (χ4v) is 9.40. The molecule has 0 bridgehead atoms. The molecular formula is C53H36N2O. The maximum Gasteiger partial charge on any atom is 0.160 e. The van der Waals surface area contributed by atoms with E-state index in [9.17, 15) is 0 Å². The highest BCUT2D eigenvalue weighted by atomic mass is 16.5. The SMILES string of the molecule is C1=CC2c3ccccc3C3(c4ccccc4Oc4ccc(-c5ccc(-c6nc(-c7ccccc7)cc(-c7ccccc7-c7ccccc7)n6)cc5)cc43)C2C=C1. The zero-order valence-corrected chi connectivity index (χ0v) is 30.6. The molecule has 0 radical (unpaired) electrons. The number of para-hydroxylation sites is 1. The van der Waals surface area contributed by atoms with Crippen molar-refractivity contribution in [3.05, 3.63) is 229 Å². The minimum atomic E-state index is -0.388. The number of rotatable bonds is 5. The highest BCUT2D eigenvalue weighted by molar-refractivity contribution is 5.84. The molecule has 264 valence electrons. The number of fused-ring (bicyclic) bond motifs is 9. The minimum absolute atomic E-state index is 0.224. The monoisotopic (exact) mass is 716 g/mol. The van der Waals surface area contributed by atoms with E-state index >= 15 is 0 Å². The van der Waals surface area contributed by atoms with Crippen LogP contribution in [0.15, 0.2) is 206 Å². The average Bonchev–Trinajstić information content (AvgIpc) is 3.57. The van der Waals surface area contributed by atoms with Gasteiger partial charge in [-0.15, -0.1) is 0 Å². The lowest BCUT2D eigenvalue weighted by Gasteiger charge is -2.43. The van der Waals surface area contributed by atoms with Crippen molar-refractivity contribution in [2.45, 2.75) is 11.3 Å². The average molecular weight is 717 g/mol. The molecule has 3 nitrogen and oxygen atoms in total. The molecule has 2 heterocycles. The van der Waals surface area contributed by atoms with Gasteiger partial charge in [-0.2, -0.15) is 0 Å². The van der Waals surface area contributed by atoms with E-state index in [2.05, 4.69) is 200 Å². The summed E-state index contributed by atoms with van der Waals surface area (Å²) in [5.41, 5.74) is 14.2. The third-order valence-corrected chi connectivity index (χ3v) is 11.9. The molecule has 3 unspecified atom stereocenters. The van der Waals surface area contributed by atoms with E-state index in [0.717, 1.165) is 61.8 Å². The summed E-state index contributed by atoms with van der Waals surface area (Å²) in [6.45, 7) is 0. The number of benzene rings is 7. The molecule has 0 amide bonds. The second-order valence-electron chi connectivity index (χ2n) is 14.8. The van der Waals surface area contributed by atoms with Gasteiger partial charge >= 0.3 is 0 Å². The number of aromatic nitrogens is 2. The van der Waals surface area contributed by atoms with E-state index in [-0.39, 0.29) is 17.3 Å². The molecule has 7 aromatic carbocycles. The quantitative estimate of drug-likeness (QED) is 0.178. The molecule has 8 aromatic rings. The van der Waals surface area contributed by atoms with Gasteiger partial charge in [0.05, 0.1) is 16.8 Å². The van der Waals surface area contributed by atoms with Crippen molar-refractivity contribution < 1.29 is 4.74 Å². The van der Waals surface area contributed by atoms with Gasteiger partial charge in [-0.05, 0) is 57.6 Å². The van der Waals surface area contributed by atoms with Crippen LogP contribution >= 0.6 is 0 Å². The number of allylic oxidation sites excluding steroid dienone is 4. The van der Waals surface area contributed by atoms with Crippen molar-refractivity contribution >= 4 is 0 Å². The molecule has 3 atom stereocenters. The molecule has 0 fully saturated rings. The first-order chi connectivity index (χ1) is 27.8. The van der Waals surface area contributed by atoms with E-state index in [4.69, 9.17) is 14.7 Å². The van der Waals surface area contributed by atoms with Gasteiger partial charge in [-0.3, -0.25) is 0 Å². The Hall–Kier alpha value is -7.10. The van der Waals surface area contributed by atoms with Gasteiger partial charge in [0.25, 0.3) is 0 Å². The molecule has 0 N–H and O–H groups in total. The summed E-state index contributed by atoms with van der Waals surface area (Å²) in [6.07, 6.45) is 9.20. The van der Waals surface area contributed by atoms with Crippen molar-refractivity contribution in [1.29, 1.82) is 0 Å². The first kappa shape index (κ1) is 32.3. The molecule has 0 saturated heterocycles. The molecule has 56 heavy (non-hydrogen) atoms. The second-order valence-corrected chi connectivity index (χ2v) is 14.8. The topological polar surface area (TPSA) is 35.0 Å². The Morgan fingerprint density at radius 2 is 1.02 bits per heavy atom. The lowest BCUT2D eigenvalue weighted by atomic mass is 9.61. The van der Waals surface area contributed by atoms with Crippen LogP contribution in [0.4, 0.5) is 0 Å². The van der Waals surface area contributed by atoms with Crippen molar-refractivity contribution in [3.8, 4) is 67.7 Å². The molecule has 11 rings (SSSR count). The van der Waals surface area contributed by atoms with Crippen LogP contribution in [0.5, 0.6) is 11.5 Å². The lowest BCUT2D eigenvalue weighted by molar-refractivity contribution is 0.374. The summed E-state index contributed by atoms with van der Waals surface area (Å²) in [4.78, 5) is 10.4. The minimum Gasteiger partial charge on any atom is -0.457 e. The summed E-state index contributed by atoms with van der Waals surface area (Å²) < 4.78 is 6.70. The van der Waals surface area contributed by atoms with Gasteiger partial charge in [0.2, 0.25) is 0 Å². The largest absolute Gasteiger partial charge is 0.457 e. The Morgan fingerprint density at radius 1 is 0.411 bits per heavy atom. The molecule has 3 aliphatic rings. The van der Waals surface area contributed by atoms with Gasteiger partial charge in [0, 0.05) is 39.7 Å². The van der Waals surface area contributed by atoms with Gasteiger partial charge in [-0.25, -0.2) is 9.97 Å². The molecule has 1 spiro atoms. The Labute approximate surface area is 327 Å². The zero-order chi connectivity index (χ0) is 37.1. The highest BCUT2D eigenvalue weighted by Crippen LogP contribution is 2.64. The Morgan fingerprint density at radius 3 is 1.84 bits per heavy atom. The summed E-state index contributed by atoms with van der Waals surface area (Å²) in [5.74, 6) is 3.04. The van der Waals surface area contributed by atoms with Gasteiger partial charge in [-0.1, -0.05) is 182 Å². The summed E-state index contributed by atoms with van der Waals surface area (Å²) in [6, 6.07) is 64.5. The summed E-state index contributed by atoms with van der Waals surface area (Å²) in [7, 11) is 0. The third kappa shape index (κ3) is 5.05. The van der Waals surface area contributed by atoms with Crippen LogP contribution in [0.25, 0.3) is 56.2 Å². The van der Waals surface area contributed by atoms with E-state index in [1.54, 1.807) is 0 Å². The first-order valence-corrected chi connectivity index (χ1v) is 19.3. The molecule has 1 aliphatic heterocycles. The number of nitrogens with zero attached hydrogens (tertiary/aromatic N) is 2. The van der Waals surface area contributed by atoms with E-state index in [1.165, 1.54) is 22.3 Å². The van der Waals surface area contributed by atoms with E-state index in [0.29, 0.717) is 5.82 Å². The molecule has 0 saturated carbocycles. The number of hydrogen-bond donors (Lipinski definition) is 0. The van der Waals surface area contributed by atoms with Crippen LogP contribution in [0.2, 0.25) is 0 Å².